The number of ether oxygens (including phenoxy) is 2. The van der Waals surface area contributed by atoms with E-state index in [1.54, 1.807) is 0 Å². The zero-order valence-electron chi connectivity index (χ0n) is 16.6. The zero-order chi connectivity index (χ0) is 20.5. The molecule has 8 heteroatoms. The highest BCUT2D eigenvalue weighted by molar-refractivity contribution is 5.94. The highest BCUT2D eigenvalue weighted by atomic mass is 16.5. The molecule has 2 aliphatic heterocycles. The molecule has 1 saturated heterocycles. The third-order valence-corrected chi connectivity index (χ3v) is 5.64. The molecule has 3 heterocycles. The van der Waals surface area contributed by atoms with E-state index >= 15 is 0 Å². The molecule has 2 aromatic carbocycles. The summed E-state index contributed by atoms with van der Waals surface area (Å²) in [5, 5.41) is 21.7. The fourth-order valence-corrected chi connectivity index (χ4v) is 4.11. The predicted molar refractivity (Wildman–Crippen MR) is 112 cm³/mol. The number of hydrogen-bond acceptors (Lipinski definition) is 6. The van der Waals surface area contributed by atoms with Crippen LogP contribution in [0.4, 0.5) is 10.5 Å². The quantitative estimate of drug-likeness (QED) is 0.572. The number of aromatic nitrogens is 2. The summed E-state index contributed by atoms with van der Waals surface area (Å²) in [5.41, 5.74) is 4.36. The lowest BCUT2D eigenvalue weighted by atomic mass is 10.0. The average molecular weight is 408 g/mol. The number of alkyl carbamates (subject to hydrolysis) is 1. The Hall–Kier alpha value is -3.26. The Kier molecular flexibility index (Phi) is 4.92. The smallest absolute Gasteiger partial charge is 0.407 e. The number of nitrogens with one attached hydrogen (secondary N) is 2. The van der Waals surface area contributed by atoms with Gasteiger partial charge in [0.05, 0.1) is 12.1 Å². The second kappa shape index (κ2) is 7.87. The molecule has 0 aliphatic carbocycles. The van der Waals surface area contributed by atoms with E-state index in [0.29, 0.717) is 19.6 Å². The Bertz CT molecular complexity index is 1080. The summed E-state index contributed by atoms with van der Waals surface area (Å²) in [4.78, 5) is 14.1. The number of H-pyrrole nitrogens is 1. The predicted octanol–water partition coefficient (Wildman–Crippen LogP) is 3.16. The third-order valence-electron chi connectivity index (χ3n) is 5.64. The van der Waals surface area contributed by atoms with Gasteiger partial charge in [0, 0.05) is 35.3 Å². The van der Waals surface area contributed by atoms with E-state index in [9.17, 15) is 9.90 Å². The monoisotopic (exact) mass is 408 g/mol. The van der Waals surface area contributed by atoms with Gasteiger partial charge in [-0.1, -0.05) is 6.07 Å². The minimum atomic E-state index is -0.525. The molecule has 1 unspecified atom stereocenters. The normalized spacial score (nSPS) is 19.7. The zero-order valence-corrected chi connectivity index (χ0v) is 16.6. The minimum Gasteiger partial charge on any atom is -0.494 e. The molecule has 1 aromatic heterocycles. The van der Waals surface area contributed by atoms with Crippen molar-refractivity contribution in [3.63, 3.8) is 0 Å². The van der Waals surface area contributed by atoms with Crippen molar-refractivity contribution >= 4 is 22.7 Å². The molecule has 0 saturated carbocycles. The molecule has 1 fully saturated rings. The van der Waals surface area contributed by atoms with Gasteiger partial charge < -0.3 is 24.8 Å². The third kappa shape index (κ3) is 3.54. The number of amides is 1. The lowest BCUT2D eigenvalue weighted by molar-refractivity contribution is 0.138. The maximum Gasteiger partial charge on any atom is 0.407 e. The summed E-state index contributed by atoms with van der Waals surface area (Å²) in [7, 11) is 0. The summed E-state index contributed by atoms with van der Waals surface area (Å²) >= 11 is 0. The van der Waals surface area contributed by atoms with Crippen LogP contribution in [0.2, 0.25) is 0 Å². The highest BCUT2D eigenvalue weighted by Gasteiger charge is 2.25. The number of aliphatic hydroxyl groups is 1. The van der Waals surface area contributed by atoms with Crippen LogP contribution in [0, 0.1) is 0 Å². The van der Waals surface area contributed by atoms with Gasteiger partial charge in [0.25, 0.3) is 0 Å². The molecule has 1 atom stereocenters. The van der Waals surface area contributed by atoms with E-state index < -0.39 is 12.3 Å². The van der Waals surface area contributed by atoms with Crippen molar-refractivity contribution in [3.8, 4) is 17.0 Å². The van der Waals surface area contributed by atoms with Gasteiger partial charge >= 0.3 is 6.09 Å². The number of cyclic esters (lactones) is 1. The van der Waals surface area contributed by atoms with Crippen molar-refractivity contribution in [1.82, 2.24) is 15.5 Å². The van der Waals surface area contributed by atoms with Gasteiger partial charge in [-0.05, 0) is 49.6 Å². The van der Waals surface area contributed by atoms with E-state index in [1.807, 2.05) is 41.3 Å². The van der Waals surface area contributed by atoms with Crippen molar-refractivity contribution in [2.24, 2.45) is 0 Å². The molecule has 156 valence electrons. The van der Waals surface area contributed by atoms with E-state index in [4.69, 9.17) is 9.47 Å². The first-order valence-electron chi connectivity index (χ1n) is 10.3. The Morgan fingerprint density at radius 3 is 2.93 bits per heavy atom. The van der Waals surface area contributed by atoms with E-state index in [0.717, 1.165) is 58.5 Å². The minimum absolute atomic E-state index is 0.113. The largest absolute Gasteiger partial charge is 0.494 e. The fourth-order valence-electron chi connectivity index (χ4n) is 4.11. The van der Waals surface area contributed by atoms with Gasteiger partial charge in [-0.15, -0.1) is 0 Å². The van der Waals surface area contributed by atoms with E-state index in [2.05, 4.69) is 15.5 Å². The lowest BCUT2D eigenvalue weighted by Crippen LogP contribution is -2.30. The Morgan fingerprint density at radius 1 is 1.13 bits per heavy atom. The summed E-state index contributed by atoms with van der Waals surface area (Å²) < 4.78 is 11.3. The Labute approximate surface area is 173 Å². The molecule has 8 nitrogen and oxygen atoms in total. The van der Waals surface area contributed by atoms with Crippen LogP contribution in [-0.4, -0.2) is 47.3 Å². The van der Waals surface area contributed by atoms with Crippen LogP contribution in [-0.2, 0) is 11.3 Å². The first-order valence-corrected chi connectivity index (χ1v) is 10.3. The maximum atomic E-state index is 12.1. The number of aromatic amines is 1. The SMILES string of the molecule is O=C1NCCCOc2ccc3[nH]nc(c3c2)-c2ccc(N3CCCC3O)c(c2)CO1. The molecular weight excluding hydrogens is 384 g/mol. The second-order valence-corrected chi connectivity index (χ2v) is 7.64. The number of carbonyl (C=O) groups is 1. The number of aliphatic hydroxyl groups excluding tert-OH is 1. The first-order chi connectivity index (χ1) is 14.7. The average Bonchev–Trinajstić information content (AvgIpc) is 3.37. The van der Waals surface area contributed by atoms with Gasteiger partial charge in [0.15, 0.2) is 0 Å². The number of carbonyl (C=O) groups excluding carboxylic acids is 1. The van der Waals surface area contributed by atoms with Gasteiger partial charge in [-0.2, -0.15) is 5.10 Å². The number of fused-ring (bicyclic) bond motifs is 4. The number of benzene rings is 2. The van der Waals surface area contributed by atoms with Crippen LogP contribution in [0.1, 0.15) is 24.8 Å². The van der Waals surface area contributed by atoms with Crippen LogP contribution in [0.25, 0.3) is 22.2 Å². The number of hydrogen-bond donors (Lipinski definition) is 3. The van der Waals surface area contributed by atoms with Gasteiger partial charge in [0.1, 0.15) is 24.3 Å². The van der Waals surface area contributed by atoms with Crippen LogP contribution in [0.15, 0.2) is 36.4 Å². The van der Waals surface area contributed by atoms with Gasteiger partial charge in [-0.3, -0.25) is 5.10 Å². The molecule has 4 bridgehead atoms. The van der Waals surface area contributed by atoms with Crippen molar-refractivity contribution in [3.05, 3.63) is 42.0 Å². The first kappa shape index (κ1) is 18.7. The van der Waals surface area contributed by atoms with Crippen molar-refractivity contribution in [1.29, 1.82) is 0 Å². The molecule has 30 heavy (non-hydrogen) atoms. The topological polar surface area (TPSA) is 99.7 Å². The van der Waals surface area contributed by atoms with Crippen LogP contribution >= 0.6 is 0 Å². The van der Waals surface area contributed by atoms with Crippen molar-refractivity contribution < 1.29 is 19.4 Å². The van der Waals surface area contributed by atoms with Crippen molar-refractivity contribution in [2.75, 3.05) is 24.6 Å². The Morgan fingerprint density at radius 2 is 2.07 bits per heavy atom. The molecule has 0 spiro atoms. The number of anilines is 1. The van der Waals surface area contributed by atoms with Gasteiger partial charge in [0.2, 0.25) is 0 Å². The van der Waals surface area contributed by atoms with E-state index in [-0.39, 0.29) is 6.61 Å². The number of nitrogens with zero attached hydrogens (tertiary/aromatic N) is 2. The maximum absolute atomic E-state index is 12.1. The molecule has 3 aromatic rings. The van der Waals surface area contributed by atoms with Gasteiger partial charge in [-0.25, -0.2) is 4.79 Å². The summed E-state index contributed by atoms with van der Waals surface area (Å²) in [6.45, 7) is 1.84. The second-order valence-electron chi connectivity index (χ2n) is 7.64. The molecule has 3 N–H and O–H groups in total. The summed E-state index contributed by atoms with van der Waals surface area (Å²) in [6, 6.07) is 11.8. The van der Waals surface area contributed by atoms with Crippen LogP contribution in [0.5, 0.6) is 5.75 Å². The Balaban J connectivity index is 1.60. The van der Waals surface area contributed by atoms with Crippen LogP contribution < -0.4 is 15.0 Å². The molecule has 5 rings (SSSR count). The molecule has 0 radical (unpaired) electrons. The standard InChI is InChI=1S/C22H24N4O4/c27-20-3-1-9-26(20)19-7-4-14-11-15(19)13-30-22(28)23-8-2-10-29-16-5-6-18-17(12-16)21(14)25-24-18/h4-7,11-12,20,27H,1-3,8-10,13H2,(H,23,28)(H,24,25). The highest BCUT2D eigenvalue weighted by Crippen LogP contribution is 2.34. The molecular formula is C22H24N4O4. The molecule has 2 aliphatic rings. The van der Waals surface area contributed by atoms with E-state index in [1.165, 1.54) is 0 Å². The van der Waals surface area contributed by atoms with Crippen LogP contribution in [0.3, 0.4) is 0 Å². The van der Waals surface area contributed by atoms with Crippen molar-refractivity contribution in [2.45, 2.75) is 32.1 Å². The lowest BCUT2D eigenvalue weighted by Gasteiger charge is -2.25. The summed E-state index contributed by atoms with van der Waals surface area (Å²) in [5.74, 6) is 0.764. The molecule has 1 amide bonds. The summed E-state index contributed by atoms with van der Waals surface area (Å²) in [6.07, 6.45) is 1.34. The fraction of sp³-hybridized carbons (Fsp3) is 0.364. The number of rotatable bonds is 1.